The third kappa shape index (κ3) is 5.43. The van der Waals surface area contributed by atoms with Crippen molar-refractivity contribution in [3.8, 4) is 0 Å². The van der Waals surface area contributed by atoms with Crippen molar-refractivity contribution in [1.29, 1.82) is 0 Å². The van der Waals surface area contributed by atoms with Gasteiger partial charge in [0.15, 0.2) is 0 Å². The molecule has 2 rings (SSSR count). The molecule has 2 aromatic carbocycles. The van der Waals surface area contributed by atoms with Crippen LogP contribution in [0, 0.1) is 5.82 Å². The summed E-state index contributed by atoms with van der Waals surface area (Å²) in [6.07, 6.45) is -0.881. The standard InChI is InChI=1S/C17H16FNO4/c18-14-8-6-12(7-9-14)10-15(16(20)21)19-17(22)23-11-13-4-2-1-3-5-13/h1-9,15H,10-11H2,(H,19,22)(H,20,21)/p-1. The lowest BCUT2D eigenvalue weighted by molar-refractivity contribution is -0.308. The number of nitrogens with one attached hydrogen (secondary N) is 1. The van der Waals surface area contributed by atoms with E-state index in [0.29, 0.717) is 5.56 Å². The molecule has 5 nitrogen and oxygen atoms in total. The van der Waals surface area contributed by atoms with Crippen molar-refractivity contribution in [3.63, 3.8) is 0 Å². The number of amides is 1. The average molecular weight is 316 g/mol. The van der Waals surface area contributed by atoms with Gasteiger partial charge in [-0.25, -0.2) is 9.18 Å². The zero-order chi connectivity index (χ0) is 16.7. The van der Waals surface area contributed by atoms with Crippen LogP contribution in [-0.2, 0) is 22.6 Å². The quantitative estimate of drug-likeness (QED) is 0.874. The molecule has 1 amide bonds. The van der Waals surface area contributed by atoms with Crippen LogP contribution in [0.3, 0.4) is 0 Å². The number of aliphatic carboxylic acids is 1. The highest BCUT2D eigenvalue weighted by Crippen LogP contribution is 2.06. The summed E-state index contributed by atoms with van der Waals surface area (Å²) in [6, 6.07) is 13.1. The Bertz CT molecular complexity index is 658. The van der Waals surface area contributed by atoms with Crippen LogP contribution in [0.2, 0.25) is 0 Å². The van der Waals surface area contributed by atoms with E-state index < -0.39 is 23.9 Å². The minimum atomic E-state index is -1.44. The molecule has 0 aliphatic rings. The van der Waals surface area contributed by atoms with Crippen molar-refractivity contribution in [1.82, 2.24) is 5.32 Å². The summed E-state index contributed by atoms with van der Waals surface area (Å²) in [4.78, 5) is 22.8. The van der Waals surface area contributed by atoms with Crippen molar-refractivity contribution in [3.05, 3.63) is 71.5 Å². The van der Waals surface area contributed by atoms with Crippen LogP contribution in [0.15, 0.2) is 54.6 Å². The molecule has 0 aliphatic heterocycles. The maximum atomic E-state index is 12.8. The zero-order valence-corrected chi connectivity index (χ0v) is 12.2. The monoisotopic (exact) mass is 316 g/mol. The molecule has 2 aromatic rings. The van der Waals surface area contributed by atoms with Gasteiger partial charge in [0.25, 0.3) is 0 Å². The van der Waals surface area contributed by atoms with Crippen molar-refractivity contribution < 1.29 is 23.8 Å². The SMILES string of the molecule is O=C(NC(Cc1ccc(F)cc1)C(=O)[O-])OCc1ccccc1. The Hall–Kier alpha value is -2.89. The smallest absolute Gasteiger partial charge is 0.408 e. The first kappa shape index (κ1) is 16.5. The number of ether oxygens (including phenoxy) is 1. The fourth-order valence-electron chi connectivity index (χ4n) is 1.96. The molecule has 1 atom stereocenters. The molecular formula is C17H15FNO4-. The zero-order valence-electron chi connectivity index (χ0n) is 12.2. The van der Waals surface area contributed by atoms with Crippen LogP contribution in [-0.4, -0.2) is 18.1 Å². The molecule has 1 unspecified atom stereocenters. The van der Waals surface area contributed by atoms with Gasteiger partial charge in [0.05, 0.1) is 12.0 Å². The summed E-state index contributed by atoms with van der Waals surface area (Å²) < 4.78 is 17.8. The van der Waals surface area contributed by atoms with Crippen LogP contribution in [0.5, 0.6) is 0 Å². The fraction of sp³-hybridized carbons (Fsp3) is 0.176. The number of carbonyl (C=O) groups excluding carboxylic acids is 2. The molecule has 0 spiro atoms. The first-order chi connectivity index (χ1) is 11.0. The van der Waals surface area contributed by atoms with Crippen molar-refractivity contribution in [2.75, 3.05) is 0 Å². The van der Waals surface area contributed by atoms with E-state index in [9.17, 15) is 19.1 Å². The van der Waals surface area contributed by atoms with Gasteiger partial charge in [-0.2, -0.15) is 0 Å². The van der Waals surface area contributed by atoms with Crippen LogP contribution >= 0.6 is 0 Å². The second kappa shape index (κ2) is 7.93. The van der Waals surface area contributed by atoms with E-state index >= 15 is 0 Å². The number of benzene rings is 2. The van der Waals surface area contributed by atoms with E-state index in [1.165, 1.54) is 24.3 Å². The highest BCUT2D eigenvalue weighted by atomic mass is 19.1. The first-order valence-electron chi connectivity index (χ1n) is 6.97. The van der Waals surface area contributed by atoms with Crippen LogP contribution in [0.4, 0.5) is 9.18 Å². The first-order valence-corrected chi connectivity index (χ1v) is 6.97. The van der Waals surface area contributed by atoms with Gasteiger partial charge in [-0.1, -0.05) is 42.5 Å². The van der Waals surface area contributed by atoms with Crippen LogP contribution in [0.25, 0.3) is 0 Å². The highest BCUT2D eigenvalue weighted by Gasteiger charge is 2.15. The highest BCUT2D eigenvalue weighted by molar-refractivity contribution is 5.78. The summed E-state index contributed by atoms with van der Waals surface area (Å²) in [7, 11) is 0. The number of carboxylic acid groups (broad SMARTS) is 1. The average Bonchev–Trinajstić information content (AvgIpc) is 2.55. The Labute approximate surface area is 132 Å². The third-order valence-corrected chi connectivity index (χ3v) is 3.14. The Morgan fingerprint density at radius 2 is 1.70 bits per heavy atom. The molecule has 0 fully saturated rings. The molecule has 0 saturated heterocycles. The van der Waals surface area contributed by atoms with Gasteiger partial charge in [0.1, 0.15) is 12.4 Å². The Morgan fingerprint density at radius 3 is 2.30 bits per heavy atom. The van der Waals surface area contributed by atoms with Crippen LogP contribution < -0.4 is 10.4 Å². The normalized spacial score (nSPS) is 11.5. The van der Waals surface area contributed by atoms with E-state index in [1.807, 2.05) is 6.07 Å². The van der Waals surface area contributed by atoms with Gasteiger partial charge >= 0.3 is 6.09 Å². The molecule has 0 saturated carbocycles. The maximum absolute atomic E-state index is 12.8. The lowest BCUT2D eigenvalue weighted by atomic mass is 10.1. The molecule has 0 aromatic heterocycles. The van der Waals surface area contributed by atoms with Gasteiger partial charge < -0.3 is 20.0 Å². The van der Waals surface area contributed by atoms with E-state index in [1.54, 1.807) is 24.3 Å². The summed E-state index contributed by atoms with van der Waals surface area (Å²) >= 11 is 0. The summed E-state index contributed by atoms with van der Waals surface area (Å²) in [5.74, 6) is -1.86. The predicted molar refractivity (Wildman–Crippen MR) is 78.7 cm³/mol. The van der Waals surface area contributed by atoms with Crippen LogP contribution in [0.1, 0.15) is 11.1 Å². The fourth-order valence-corrected chi connectivity index (χ4v) is 1.96. The van der Waals surface area contributed by atoms with Crippen molar-refractivity contribution in [2.24, 2.45) is 0 Å². The van der Waals surface area contributed by atoms with Gasteiger partial charge in [0.2, 0.25) is 0 Å². The minimum Gasteiger partial charge on any atom is -0.548 e. The number of hydrogen-bond acceptors (Lipinski definition) is 4. The van der Waals surface area contributed by atoms with Gasteiger partial charge in [-0.05, 0) is 29.7 Å². The molecule has 1 N–H and O–H groups in total. The molecule has 6 heteroatoms. The number of halogens is 1. The van der Waals surface area contributed by atoms with E-state index in [0.717, 1.165) is 5.56 Å². The molecular weight excluding hydrogens is 301 g/mol. The molecule has 0 heterocycles. The number of alkyl carbamates (subject to hydrolysis) is 1. The molecule has 120 valence electrons. The lowest BCUT2D eigenvalue weighted by Crippen LogP contribution is -2.49. The number of carbonyl (C=O) groups is 2. The number of carboxylic acids is 1. The minimum absolute atomic E-state index is 0.0248. The second-order valence-corrected chi connectivity index (χ2v) is 4.91. The Kier molecular flexibility index (Phi) is 5.68. The topological polar surface area (TPSA) is 78.5 Å². The Balaban J connectivity index is 1.89. The van der Waals surface area contributed by atoms with E-state index in [4.69, 9.17) is 4.74 Å². The maximum Gasteiger partial charge on any atom is 0.408 e. The van der Waals surface area contributed by atoms with Gasteiger partial charge in [-0.3, -0.25) is 0 Å². The summed E-state index contributed by atoms with van der Waals surface area (Å²) in [5.41, 5.74) is 1.34. The van der Waals surface area contributed by atoms with Crippen molar-refractivity contribution >= 4 is 12.1 Å². The summed E-state index contributed by atoms with van der Waals surface area (Å²) in [5, 5.41) is 13.4. The van der Waals surface area contributed by atoms with Gasteiger partial charge in [-0.15, -0.1) is 0 Å². The molecule has 0 bridgehead atoms. The molecule has 23 heavy (non-hydrogen) atoms. The second-order valence-electron chi connectivity index (χ2n) is 4.91. The molecule has 0 radical (unpaired) electrons. The predicted octanol–water partition coefficient (Wildman–Crippen LogP) is 1.41. The third-order valence-electron chi connectivity index (χ3n) is 3.14. The number of hydrogen-bond donors (Lipinski definition) is 1. The molecule has 0 aliphatic carbocycles. The summed E-state index contributed by atoms with van der Waals surface area (Å²) in [6.45, 7) is 0.0307. The largest absolute Gasteiger partial charge is 0.548 e. The van der Waals surface area contributed by atoms with E-state index in [-0.39, 0.29) is 13.0 Å². The Morgan fingerprint density at radius 1 is 1.04 bits per heavy atom. The van der Waals surface area contributed by atoms with Crippen molar-refractivity contribution in [2.45, 2.75) is 19.1 Å². The van der Waals surface area contributed by atoms with Gasteiger partial charge in [0, 0.05) is 0 Å². The lowest BCUT2D eigenvalue weighted by Gasteiger charge is -2.19. The number of rotatable bonds is 6. The van der Waals surface area contributed by atoms with E-state index in [2.05, 4.69) is 5.32 Å².